The average molecular weight is 254 g/mol. The van der Waals surface area contributed by atoms with Gasteiger partial charge in [0.1, 0.15) is 5.76 Å². The SMILES string of the molecule is CCSC1CCC(NCc2nc(C)c(C)o2)C1. The summed E-state index contributed by atoms with van der Waals surface area (Å²) >= 11 is 2.09. The van der Waals surface area contributed by atoms with Crippen molar-refractivity contribution >= 4 is 11.8 Å². The van der Waals surface area contributed by atoms with E-state index in [-0.39, 0.29) is 0 Å². The second-order valence-corrected chi connectivity index (χ2v) is 6.29. The van der Waals surface area contributed by atoms with Crippen molar-refractivity contribution in [1.29, 1.82) is 0 Å². The number of nitrogens with one attached hydrogen (secondary N) is 1. The first kappa shape index (κ1) is 13.0. The highest BCUT2D eigenvalue weighted by Gasteiger charge is 2.24. The summed E-state index contributed by atoms with van der Waals surface area (Å²) in [6.45, 7) is 6.97. The van der Waals surface area contributed by atoms with E-state index in [0.717, 1.165) is 29.1 Å². The summed E-state index contributed by atoms with van der Waals surface area (Å²) in [7, 11) is 0. The van der Waals surface area contributed by atoms with Gasteiger partial charge >= 0.3 is 0 Å². The zero-order chi connectivity index (χ0) is 12.3. The van der Waals surface area contributed by atoms with Crippen molar-refractivity contribution in [2.24, 2.45) is 0 Å². The minimum absolute atomic E-state index is 0.645. The highest BCUT2D eigenvalue weighted by Crippen LogP contribution is 2.29. The Hall–Kier alpha value is -0.480. The lowest BCUT2D eigenvalue weighted by molar-refractivity contribution is 0.422. The van der Waals surface area contributed by atoms with Crippen LogP contribution >= 0.6 is 11.8 Å². The maximum atomic E-state index is 5.57. The van der Waals surface area contributed by atoms with Crippen molar-refractivity contribution in [3.05, 3.63) is 17.3 Å². The topological polar surface area (TPSA) is 38.1 Å². The number of aryl methyl sites for hydroxylation is 2. The number of rotatable bonds is 5. The lowest BCUT2D eigenvalue weighted by Crippen LogP contribution is -2.26. The molecule has 0 aromatic carbocycles. The number of hydrogen-bond acceptors (Lipinski definition) is 4. The molecule has 1 saturated carbocycles. The van der Waals surface area contributed by atoms with Crippen LogP contribution in [-0.2, 0) is 6.54 Å². The van der Waals surface area contributed by atoms with Gasteiger partial charge in [0.15, 0.2) is 0 Å². The van der Waals surface area contributed by atoms with Crippen LogP contribution in [0.4, 0.5) is 0 Å². The standard InChI is InChI=1S/C13H22N2OS/c1-4-17-12-6-5-11(7-12)14-8-13-15-9(2)10(3)16-13/h11-12,14H,4-8H2,1-3H3. The molecule has 1 heterocycles. The molecule has 0 saturated heterocycles. The van der Waals surface area contributed by atoms with E-state index >= 15 is 0 Å². The summed E-state index contributed by atoms with van der Waals surface area (Å²) in [6, 6.07) is 0.645. The van der Waals surface area contributed by atoms with Crippen molar-refractivity contribution in [2.75, 3.05) is 5.75 Å². The molecule has 0 amide bonds. The Balaban J connectivity index is 1.76. The number of hydrogen-bond donors (Lipinski definition) is 1. The second kappa shape index (κ2) is 5.91. The van der Waals surface area contributed by atoms with Crippen LogP contribution in [-0.4, -0.2) is 22.0 Å². The Labute approximate surface area is 108 Å². The molecule has 1 fully saturated rings. The summed E-state index contributed by atoms with van der Waals surface area (Å²) in [5.74, 6) is 2.99. The van der Waals surface area contributed by atoms with Gasteiger partial charge in [-0.2, -0.15) is 11.8 Å². The third-order valence-corrected chi connectivity index (χ3v) is 4.63. The average Bonchev–Trinajstić information content (AvgIpc) is 2.85. The number of nitrogens with zero attached hydrogens (tertiary/aromatic N) is 1. The molecular weight excluding hydrogens is 232 g/mol. The molecule has 1 aliphatic carbocycles. The van der Waals surface area contributed by atoms with E-state index in [1.54, 1.807) is 0 Å². The fourth-order valence-corrected chi connectivity index (χ4v) is 3.50. The van der Waals surface area contributed by atoms with Gasteiger partial charge < -0.3 is 9.73 Å². The first-order valence-electron chi connectivity index (χ1n) is 6.47. The Morgan fingerprint density at radius 1 is 1.41 bits per heavy atom. The zero-order valence-corrected chi connectivity index (χ0v) is 11.8. The summed E-state index contributed by atoms with van der Waals surface area (Å²) in [6.07, 6.45) is 3.92. The Morgan fingerprint density at radius 2 is 2.24 bits per heavy atom. The van der Waals surface area contributed by atoms with Gasteiger partial charge in [0.05, 0.1) is 12.2 Å². The minimum Gasteiger partial charge on any atom is -0.444 e. The van der Waals surface area contributed by atoms with Gasteiger partial charge in [-0.15, -0.1) is 0 Å². The first-order chi connectivity index (χ1) is 8.19. The molecular formula is C13H22N2OS. The van der Waals surface area contributed by atoms with E-state index < -0.39 is 0 Å². The Bertz CT molecular complexity index is 345. The van der Waals surface area contributed by atoms with Crippen LogP contribution in [0.25, 0.3) is 0 Å². The van der Waals surface area contributed by atoms with Crippen LogP contribution in [0.15, 0.2) is 4.42 Å². The second-order valence-electron chi connectivity index (χ2n) is 4.72. The fraction of sp³-hybridized carbons (Fsp3) is 0.769. The molecule has 2 unspecified atom stereocenters. The molecule has 96 valence electrons. The minimum atomic E-state index is 0.645. The van der Waals surface area contributed by atoms with Gasteiger partial charge in [0.2, 0.25) is 5.89 Å². The van der Waals surface area contributed by atoms with Gasteiger partial charge in [-0.3, -0.25) is 0 Å². The largest absolute Gasteiger partial charge is 0.444 e. The number of aromatic nitrogens is 1. The fourth-order valence-electron chi connectivity index (χ4n) is 2.36. The third kappa shape index (κ3) is 3.49. The molecule has 0 aliphatic heterocycles. The molecule has 0 radical (unpaired) electrons. The summed E-state index contributed by atoms with van der Waals surface area (Å²) in [4.78, 5) is 4.39. The number of thioether (sulfide) groups is 1. The molecule has 4 heteroatoms. The zero-order valence-electron chi connectivity index (χ0n) is 11.0. The van der Waals surface area contributed by atoms with Crippen LogP contribution in [0.1, 0.15) is 43.5 Å². The van der Waals surface area contributed by atoms with Crippen LogP contribution in [0.2, 0.25) is 0 Å². The Kier molecular flexibility index (Phi) is 4.51. The molecule has 2 rings (SSSR count). The smallest absolute Gasteiger partial charge is 0.208 e. The highest BCUT2D eigenvalue weighted by molar-refractivity contribution is 7.99. The van der Waals surface area contributed by atoms with Gasteiger partial charge in [0, 0.05) is 11.3 Å². The monoisotopic (exact) mass is 254 g/mol. The molecule has 1 N–H and O–H groups in total. The van der Waals surface area contributed by atoms with Crippen LogP contribution in [0, 0.1) is 13.8 Å². The maximum absolute atomic E-state index is 5.57. The van der Waals surface area contributed by atoms with Gasteiger partial charge in [0.25, 0.3) is 0 Å². The van der Waals surface area contributed by atoms with Gasteiger partial charge in [-0.05, 0) is 38.9 Å². The van der Waals surface area contributed by atoms with Crippen molar-refractivity contribution in [3.63, 3.8) is 0 Å². The molecule has 0 bridgehead atoms. The molecule has 1 aromatic rings. The van der Waals surface area contributed by atoms with Crippen molar-refractivity contribution in [3.8, 4) is 0 Å². The molecule has 0 spiro atoms. The molecule has 3 nitrogen and oxygen atoms in total. The number of oxazole rings is 1. The van der Waals surface area contributed by atoms with Crippen LogP contribution in [0.5, 0.6) is 0 Å². The van der Waals surface area contributed by atoms with Crippen LogP contribution in [0.3, 0.4) is 0 Å². The van der Waals surface area contributed by atoms with E-state index in [1.165, 1.54) is 25.0 Å². The van der Waals surface area contributed by atoms with Crippen molar-refractivity contribution < 1.29 is 4.42 Å². The highest BCUT2D eigenvalue weighted by atomic mass is 32.2. The predicted octanol–water partition coefficient (Wildman–Crippen LogP) is 3.06. The predicted molar refractivity (Wildman–Crippen MR) is 72.4 cm³/mol. The van der Waals surface area contributed by atoms with E-state index in [1.807, 2.05) is 13.8 Å². The lowest BCUT2D eigenvalue weighted by Gasteiger charge is -2.11. The maximum Gasteiger partial charge on any atom is 0.208 e. The first-order valence-corrected chi connectivity index (χ1v) is 7.51. The van der Waals surface area contributed by atoms with E-state index in [4.69, 9.17) is 4.42 Å². The van der Waals surface area contributed by atoms with E-state index in [2.05, 4.69) is 29.0 Å². The van der Waals surface area contributed by atoms with E-state index in [0.29, 0.717) is 6.04 Å². The van der Waals surface area contributed by atoms with Crippen molar-refractivity contribution in [1.82, 2.24) is 10.3 Å². The van der Waals surface area contributed by atoms with Crippen LogP contribution < -0.4 is 5.32 Å². The normalized spacial score (nSPS) is 24.4. The van der Waals surface area contributed by atoms with Gasteiger partial charge in [-0.1, -0.05) is 6.92 Å². The third-order valence-electron chi connectivity index (χ3n) is 3.40. The molecule has 17 heavy (non-hydrogen) atoms. The molecule has 1 aromatic heterocycles. The quantitative estimate of drug-likeness (QED) is 0.876. The van der Waals surface area contributed by atoms with E-state index in [9.17, 15) is 0 Å². The summed E-state index contributed by atoms with van der Waals surface area (Å²) in [5, 5.41) is 4.41. The van der Waals surface area contributed by atoms with Gasteiger partial charge in [-0.25, -0.2) is 4.98 Å². The summed E-state index contributed by atoms with van der Waals surface area (Å²) in [5.41, 5.74) is 1.01. The molecule has 2 atom stereocenters. The van der Waals surface area contributed by atoms with Crippen molar-refractivity contribution in [2.45, 2.75) is 57.9 Å². The summed E-state index contributed by atoms with van der Waals surface area (Å²) < 4.78 is 5.57. The lowest BCUT2D eigenvalue weighted by atomic mass is 10.2. The Morgan fingerprint density at radius 3 is 2.88 bits per heavy atom. The molecule has 1 aliphatic rings.